The second-order valence-electron chi connectivity index (χ2n) is 3.51. The molecule has 2 N–H and O–H groups in total. The molecule has 0 saturated carbocycles. The first kappa shape index (κ1) is 13.9. The zero-order valence-electron chi connectivity index (χ0n) is 10.4. The number of aromatic nitrogens is 4. The van der Waals surface area contributed by atoms with E-state index in [1.807, 2.05) is 6.92 Å². The third kappa shape index (κ3) is 3.29. The summed E-state index contributed by atoms with van der Waals surface area (Å²) in [6.07, 6.45) is 2.44. The van der Waals surface area contributed by atoms with Crippen molar-refractivity contribution >= 4 is 23.4 Å². The predicted octanol–water partition coefficient (Wildman–Crippen LogP) is 1.05. The van der Waals surface area contributed by atoms with Gasteiger partial charge in [-0.1, -0.05) is 0 Å². The number of nitrogens with one attached hydrogen (secondary N) is 2. The van der Waals surface area contributed by atoms with Gasteiger partial charge in [-0.15, -0.1) is 0 Å². The minimum atomic E-state index is -0.584. The van der Waals surface area contributed by atoms with Crippen molar-refractivity contribution in [3.63, 3.8) is 0 Å². The highest BCUT2D eigenvalue weighted by Gasteiger charge is 2.19. The summed E-state index contributed by atoms with van der Waals surface area (Å²) in [7, 11) is 0. The normalized spacial score (nSPS) is 10.2. The van der Waals surface area contributed by atoms with Crippen LogP contribution in [0, 0.1) is 10.1 Å². The molecule has 104 valence electrons. The van der Waals surface area contributed by atoms with E-state index in [0.717, 1.165) is 18.0 Å². The van der Waals surface area contributed by atoms with Crippen LogP contribution in [0.25, 0.3) is 0 Å². The van der Waals surface area contributed by atoms with Gasteiger partial charge in [-0.3, -0.25) is 14.9 Å². The van der Waals surface area contributed by atoms with Gasteiger partial charge in [-0.2, -0.15) is 4.98 Å². The van der Waals surface area contributed by atoms with Crippen LogP contribution < -0.4 is 10.9 Å². The van der Waals surface area contributed by atoms with Crippen molar-refractivity contribution in [3.05, 3.63) is 38.9 Å². The Morgan fingerprint density at radius 2 is 2.30 bits per heavy atom. The number of rotatable bonds is 5. The molecule has 0 amide bonds. The van der Waals surface area contributed by atoms with Crippen molar-refractivity contribution < 1.29 is 4.92 Å². The average molecular weight is 294 g/mol. The molecule has 0 spiro atoms. The van der Waals surface area contributed by atoms with E-state index in [4.69, 9.17) is 0 Å². The van der Waals surface area contributed by atoms with Gasteiger partial charge in [0, 0.05) is 18.8 Å². The Morgan fingerprint density at radius 3 is 2.95 bits per heavy atom. The zero-order chi connectivity index (χ0) is 14.5. The predicted molar refractivity (Wildman–Crippen MR) is 71.8 cm³/mol. The number of hydrogen-bond acceptors (Lipinski definition) is 8. The first-order valence-corrected chi connectivity index (χ1v) is 6.40. The molecular formula is C10H10N6O3S. The highest BCUT2D eigenvalue weighted by molar-refractivity contribution is 7.99. The van der Waals surface area contributed by atoms with Crippen LogP contribution in [0.5, 0.6) is 0 Å². The van der Waals surface area contributed by atoms with Crippen molar-refractivity contribution in [2.45, 2.75) is 17.1 Å². The van der Waals surface area contributed by atoms with Gasteiger partial charge < -0.3 is 10.3 Å². The largest absolute Gasteiger partial charge is 0.354 e. The van der Waals surface area contributed by atoms with Gasteiger partial charge in [-0.25, -0.2) is 9.97 Å². The molecule has 2 aromatic rings. The number of anilines is 1. The fourth-order valence-corrected chi connectivity index (χ4v) is 2.11. The van der Waals surface area contributed by atoms with Gasteiger partial charge >= 0.3 is 5.69 Å². The molecule has 0 unspecified atom stereocenters. The van der Waals surface area contributed by atoms with Crippen LogP contribution in [-0.2, 0) is 0 Å². The summed E-state index contributed by atoms with van der Waals surface area (Å²) >= 11 is 0.897. The van der Waals surface area contributed by atoms with E-state index in [9.17, 15) is 14.9 Å². The summed E-state index contributed by atoms with van der Waals surface area (Å²) in [5.41, 5.74) is -0.589. The average Bonchev–Trinajstić information content (AvgIpc) is 2.39. The number of H-pyrrole nitrogens is 1. The van der Waals surface area contributed by atoms with Crippen LogP contribution in [0.1, 0.15) is 6.92 Å². The summed E-state index contributed by atoms with van der Waals surface area (Å²) in [4.78, 5) is 35.8. The summed E-state index contributed by atoms with van der Waals surface area (Å²) in [6.45, 7) is 2.44. The van der Waals surface area contributed by atoms with Crippen LogP contribution in [0.2, 0.25) is 0 Å². The fraction of sp³-hybridized carbons (Fsp3) is 0.200. The van der Waals surface area contributed by atoms with E-state index in [0.29, 0.717) is 6.54 Å². The van der Waals surface area contributed by atoms with Gasteiger partial charge in [0.2, 0.25) is 5.95 Å². The molecule has 20 heavy (non-hydrogen) atoms. The Kier molecular flexibility index (Phi) is 4.25. The van der Waals surface area contributed by atoms with Crippen LogP contribution in [-0.4, -0.2) is 31.4 Å². The molecule has 0 atom stereocenters. The number of hydrogen-bond donors (Lipinski definition) is 2. The zero-order valence-corrected chi connectivity index (χ0v) is 11.2. The molecule has 0 aliphatic heterocycles. The van der Waals surface area contributed by atoms with Crippen molar-refractivity contribution in [2.24, 2.45) is 0 Å². The smallest absolute Gasteiger partial charge is 0.320 e. The Balaban J connectivity index is 2.39. The van der Waals surface area contributed by atoms with E-state index < -0.39 is 4.92 Å². The Hall–Kier alpha value is -2.49. The Bertz CT molecular complexity index is 689. The number of nitrogens with zero attached hydrogens (tertiary/aromatic N) is 4. The van der Waals surface area contributed by atoms with E-state index in [-0.39, 0.29) is 27.4 Å². The van der Waals surface area contributed by atoms with E-state index in [2.05, 4.69) is 25.3 Å². The Labute approximate surface area is 117 Å². The highest BCUT2D eigenvalue weighted by Crippen LogP contribution is 2.30. The van der Waals surface area contributed by atoms with Crippen molar-refractivity contribution in [1.82, 2.24) is 19.9 Å². The molecular weight excluding hydrogens is 284 g/mol. The van der Waals surface area contributed by atoms with Crippen LogP contribution in [0.3, 0.4) is 0 Å². The first-order chi connectivity index (χ1) is 9.60. The molecule has 0 aliphatic carbocycles. The van der Waals surface area contributed by atoms with E-state index in [1.165, 1.54) is 12.3 Å². The minimum Gasteiger partial charge on any atom is -0.354 e. The third-order valence-corrected chi connectivity index (χ3v) is 3.00. The molecule has 2 heterocycles. The maximum absolute atomic E-state index is 11.2. The van der Waals surface area contributed by atoms with Gasteiger partial charge in [-0.05, 0) is 18.7 Å². The Morgan fingerprint density at radius 1 is 1.50 bits per heavy atom. The van der Waals surface area contributed by atoms with Crippen molar-refractivity contribution in [2.75, 3.05) is 11.9 Å². The highest BCUT2D eigenvalue weighted by atomic mass is 32.2. The van der Waals surface area contributed by atoms with Crippen molar-refractivity contribution in [1.29, 1.82) is 0 Å². The SMILES string of the molecule is CCNc1ncc([N+](=O)[O-])c(Sc2nccc(=O)[nH]2)n1. The molecule has 0 fully saturated rings. The topological polar surface area (TPSA) is 127 Å². The van der Waals surface area contributed by atoms with Crippen LogP contribution >= 0.6 is 11.8 Å². The molecule has 10 heteroatoms. The summed E-state index contributed by atoms with van der Waals surface area (Å²) in [5, 5.41) is 14.1. The summed E-state index contributed by atoms with van der Waals surface area (Å²) < 4.78 is 0. The fourth-order valence-electron chi connectivity index (χ4n) is 1.30. The summed E-state index contributed by atoms with van der Waals surface area (Å²) in [6, 6.07) is 1.25. The molecule has 2 rings (SSSR count). The molecule has 0 aliphatic rings. The lowest BCUT2D eigenvalue weighted by molar-refractivity contribution is -0.388. The molecule has 0 radical (unpaired) electrons. The lowest BCUT2D eigenvalue weighted by atomic mass is 10.5. The van der Waals surface area contributed by atoms with Crippen LogP contribution in [0.15, 0.2) is 33.4 Å². The lowest BCUT2D eigenvalue weighted by Crippen LogP contribution is -2.07. The van der Waals surface area contributed by atoms with Gasteiger partial charge in [0.05, 0.1) is 4.92 Å². The van der Waals surface area contributed by atoms with E-state index in [1.54, 1.807) is 0 Å². The number of nitro groups is 1. The standard InChI is InChI=1S/C10H10N6O3S/c1-2-11-9-13-5-6(16(18)19)8(15-9)20-10-12-4-3-7(17)14-10/h3-5H,2H2,1H3,(H,11,13,15)(H,12,14,17). The second-order valence-corrected chi connectivity index (χ2v) is 4.49. The maximum Gasteiger partial charge on any atom is 0.320 e. The van der Waals surface area contributed by atoms with Crippen LogP contribution in [0.4, 0.5) is 11.6 Å². The molecule has 0 saturated heterocycles. The number of aromatic amines is 1. The third-order valence-electron chi connectivity index (χ3n) is 2.11. The second kappa shape index (κ2) is 6.10. The molecule has 0 aromatic carbocycles. The molecule has 9 nitrogen and oxygen atoms in total. The first-order valence-electron chi connectivity index (χ1n) is 5.58. The minimum absolute atomic E-state index is 0.107. The molecule has 0 bridgehead atoms. The van der Waals surface area contributed by atoms with E-state index >= 15 is 0 Å². The monoisotopic (exact) mass is 294 g/mol. The lowest BCUT2D eigenvalue weighted by Gasteiger charge is -2.04. The van der Waals surface area contributed by atoms with Gasteiger partial charge in [0.1, 0.15) is 6.20 Å². The van der Waals surface area contributed by atoms with Crippen molar-refractivity contribution in [3.8, 4) is 0 Å². The van der Waals surface area contributed by atoms with Gasteiger partial charge in [0.25, 0.3) is 5.56 Å². The quantitative estimate of drug-likeness (QED) is 0.362. The van der Waals surface area contributed by atoms with Gasteiger partial charge in [0.15, 0.2) is 10.2 Å². The molecule has 2 aromatic heterocycles. The maximum atomic E-state index is 11.2. The summed E-state index contributed by atoms with van der Waals surface area (Å²) in [5.74, 6) is 0.277.